The van der Waals surface area contributed by atoms with Gasteiger partial charge in [-0.05, 0) is 43.6 Å². The number of nitrogens with one attached hydrogen (secondary N) is 1. The van der Waals surface area contributed by atoms with Crippen molar-refractivity contribution < 1.29 is 9.84 Å². The Kier molecular flexibility index (Phi) is 5.67. The van der Waals surface area contributed by atoms with E-state index in [2.05, 4.69) is 5.32 Å². The molecule has 1 aromatic rings. The first-order valence-electron chi connectivity index (χ1n) is 5.54. The fraction of sp³-hybridized carbons (Fsp3) is 0.500. The summed E-state index contributed by atoms with van der Waals surface area (Å²) in [7, 11) is 1.55. The van der Waals surface area contributed by atoms with Gasteiger partial charge in [-0.3, -0.25) is 0 Å². The van der Waals surface area contributed by atoms with Crippen LogP contribution < -0.4 is 15.8 Å². The van der Waals surface area contributed by atoms with Gasteiger partial charge in [-0.1, -0.05) is 6.07 Å². The van der Waals surface area contributed by atoms with E-state index in [9.17, 15) is 5.11 Å². The molecule has 4 nitrogen and oxygen atoms in total. The van der Waals surface area contributed by atoms with Crippen molar-refractivity contribution in [2.24, 2.45) is 5.73 Å². The standard InChI is InChI=1S/C12H20N2O2/c1-16-12-8-10(4-5-11(12)15)9-14-7-3-2-6-13/h4-5,8,14-15H,2-3,6-7,9,13H2,1H3. The molecule has 0 saturated heterocycles. The number of unbranched alkanes of at least 4 members (excludes halogenated alkanes) is 1. The number of methoxy groups -OCH3 is 1. The summed E-state index contributed by atoms with van der Waals surface area (Å²) in [6, 6.07) is 5.37. The third kappa shape index (κ3) is 4.08. The maximum atomic E-state index is 9.42. The van der Waals surface area contributed by atoms with Crippen molar-refractivity contribution in [3.8, 4) is 11.5 Å². The van der Waals surface area contributed by atoms with Gasteiger partial charge in [0, 0.05) is 6.54 Å². The maximum absolute atomic E-state index is 9.42. The second-order valence-electron chi connectivity index (χ2n) is 3.68. The van der Waals surface area contributed by atoms with E-state index in [0.717, 1.165) is 38.0 Å². The second kappa shape index (κ2) is 7.09. The molecule has 90 valence electrons. The molecular weight excluding hydrogens is 204 g/mol. The maximum Gasteiger partial charge on any atom is 0.160 e. The Morgan fingerprint density at radius 3 is 2.88 bits per heavy atom. The zero-order valence-electron chi connectivity index (χ0n) is 9.70. The quantitative estimate of drug-likeness (QED) is 0.609. The van der Waals surface area contributed by atoms with Gasteiger partial charge in [0.1, 0.15) is 0 Å². The van der Waals surface area contributed by atoms with E-state index in [1.54, 1.807) is 13.2 Å². The average Bonchev–Trinajstić information content (AvgIpc) is 2.31. The van der Waals surface area contributed by atoms with Crippen LogP contribution in [0.2, 0.25) is 0 Å². The molecule has 0 aliphatic heterocycles. The lowest BCUT2D eigenvalue weighted by atomic mass is 10.2. The van der Waals surface area contributed by atoms with E-state index >= 15 is 0 Å². The largest absolute Gasteiger partial charge is 0.504 e. The van der Waals surface area contributed by atoms with Crippen LogP contribution in [0.1, 0.15) is 18.4 Å². The minimum absolute atomic E-state index is 0.175. The van der Waals surface area contributed by atoms with Crippen molar-refractivity contribution in [1.82, 2.24) is 5.32 Å². The number of nitrogens with two attached hydrogens (primary N) is 1. The fourth-order valence-electron chi connectivity index (χ4n) is 1.46. The van der Waals surface area contributed by atoms with E-state index in [4.69, 9.17) is 10.5 Å². The monoisotopic (exact) mass is 224 g/mol. The first-order chi connectivity index (χ1) is 7.77. The number of rotatable bonds is 7. The van der Waals surface area contributed by atoms with Gasteiger partial charge in [0.05, 0.1) is 7.11 Å². The van der Waals surface area contributed by atoms with Crippen molar-refractivity contribution in [3.63, 3.8) is 0 Å². The molecule has 0 aliphatic rings. The first-order valence-corrected chi connectivity index (χ1v) is 5.54. The van der Waals surface area contributed by atoms with Crippen LogP contribution in [0.25, 0.3) is 0 Å². The zero-order chi connectivity index (χ0) is 11.8. The van der Waals surface area contributed by atoms with Gasteiger partial charge in [0.15, 0.2) is 11.5 Å². The lowest BCUT2D eigenvalue weighted by Gasteiger charge is -2.07. The van der Waals surface area contributed by atoms with Crippen LogP contribution >= 0.6 is 0 Å². The number of hydrogen-bond acceptors (Lipinski definition) is 4. The second-order valence-corrected chi connectivity index (χ2v) is 3.68. The van der Waals surface area contributed by atoms with E-state index in [0.29, 0.717) is 5.75 Å². The number of benzene rings is 1. The molecule has 16 heavy (non-hydrogen) atoms. The molecule has 1 aromatic carbocycles. The van der Waals surface area contributed by atoms with Crippen molar-refractivity contribution in [1.29, 1.82) is 0 Å². The molecule has 0 saturated carbocycles. The lowest BCUT2D eigenvalue weighted by molar-refractivity contribution is 0.373. The van der Waals surface area contributed by atoms with Crippen LogP contribution in [0.5, 0.6) is 11.5 Å². The lowest BCUT2D eigenvalue weighted by Crippen LogP contribution is -2.15. The molecule has 4 heteroatoms. The van der Waals surface area contributed by atoms with Crippen LogP contribution in [0, 0.1) is 0 Å². The Hall–Kier alpha value is -1.26. The molecule has 0 amide bonds. The van der Waals surface area contributed by atoms with Gasteiger partial charge in [0.2, 0.25) is 0 Å². The summed E-state index contributed by atoms with van der Waals surface area (Å²) >= 11 is 0. The first kappa shape index (κ1) is 12.8. The number of ether oxygens (including phenoxy) is 1. The van der Waals surface area contributed by atoms with Crippen LogP contribution in [0.15, 0.2) is 18.2 Å². The van der Waals surface area contributed by atoms with Gasteiger partial charge in [0.25, 0.3) is 0 Å². The molecule has 4 N–H and O–H groups in total. The number of phenols is 1. The minimum Gasteiger partial charge on any atom is -0.504 e. The summed E-state index contributed by atoms with van der Waals surface area (Å²) in [5.41, 5.74) is 6.50. The molecule has 0 radical (unpaired) electrons. The molecule has 0 aromatic heterocycles. The van der Waals surface area contributed by atoms with Gasteiger partial charge in [-0.15, -0.1) is 0 Å². The van der Waals surface area contributed by atoms with Crippen LogP contribution in [0.4, 0.5) is 0 Å². The number of aromatic hydroxyl groups is 1. The highest BCUT2D eigenvalue weighted by atomic mass is 16.5. The van der Waals surface area contributed by atoms with Crippen molar-refractivity contribution in [3.05, 3.63) is 23.8 Å². The molecule has 0 spiro atoms. The normalized spacial score (nSPS) is 10.4. The van der Waals surface area contributed by atoms with Crippen LogP contribution in [-0.4, -0.2) is 25.3 Å². The highest BCUT2D eigenvalue weighted by Gasteiger charge is 2.01. The predicted octanol–water partition coefficient (Wildman–Crippen LogP) is 1.23. The zero-order valence-corrected chi connectivity index (χ0v) is 9.70. The van der Waals surface area contributed by atoms with E-state index in [1.165, 1.54) is 0 Å². The van der Waals surface area contributed by atoms with E-state index in [1.807, 2.05) is 12.1 Å². The smallest absolute Gasteiger partial charge is 0.160 e. The molecule has 1 rings (SSSR count). The summed E-state index contributed by atoms with van der Waals surface area (Å²) in [6.07, 6.45) is 2.14. The highest BCUT2D eigenvalue weighted by molar-refractivity contribution is 5.41. The Labute approximate surface area is 96.4 Å². The minimum atomic E-state index is 0.175. The van der Waals surface area contributed by atoms with E-state index in [-0.39, 0.29) is 5.75 Å². The Morgan fingerprint density at radius 2 is 2.19 bits per heavy atom. The van der Waals surface area contributed by atoms with Gasteiger partial charge in [-0.25, -0.2) is 0 Å². The number of phenolic OH excluding ortho intramolecular Hbond substituents is 1. The predicted molar refractivity (Wildman–Crippen MR) is 64.7 cm³/mol. The Bertz CT molecular complexity index is 316. The highest BCUT2D eigenvalue weighted by Crippen LogP contribution is 2.25. The fourth-order valence-corrected chi connectivity index (χ4v) is 1.46. The molecule has 0 aliphatic carbocycles. The van der Waals surface area contributed by atoms with Gasteiger partial charge < -0.3 is 20.9 Å². The summed E-state index contributed by atoms with van der Waals surface area (Å²) in [6.45, 7) is 2.48. The molecule has 0 atom stereocenters. The summed E-state index contributed by atoms with van der Waals surface area (Å²) in [4.78, 5) is 0. The third-order valence-electron chi connectivity index (χ3n) is 2.38. The SMILES string of the molecule is COc1cc(CNCCCCN)ccc1O. The van der Waals surface area contributed by atoms with Gasteiger partial charge in [-0.2, -0.15) is 0 Å². The van der Waals surface area contributed by atoms with Crippen molar-refractivity contribution in [2.75, 3.05) is 20.2 Å². The average molecular weight is 224 g/mol. The Morgan fingerprint density at radius 1 is 1.38 bits per heavy atom. The van der Waals surface area contributed by atoms with Crippen LogP contribution in [0.3, 0.4) is 0 Å². The summed E-state index contributed by atoms with van der Waals surface area (Å²) in [5.74, 6) is 0.690. The molecule has 0 unspecified atom stereocenters. The Balaban J connectivity index is 2.36. The number of hydrogen-bond donors (Lipinski definition) is 3. The summed E-state index contributed by atoms with van der Waals surface area (Å²) < 4.78 is 5.04. The van der Waals surface area contributed by atoms with Crippen LogP contribution in [-0.2, 0) is 6.54 Å². The molecule has 0 fully saturated rings. The molecule has 0 heterocycles. The molecular formula is C12H20N2O2. The molecule has 0 bridgehead atoms. The van der Waals surface area contributed by atoms with E-state index < -0.39 is 0 Å². The third-order valence-corrected chi connectivity index (χ3v) is 2.38. The summed E-state index contributed by atoms with van der Waals surface area (Å²) in [5, 5.41) is 12.7. The van der Waals surface area contributed by atoms with Gasteiger partial charge >= 0.3 is 0 Å². The van der Waals surface area contributed by atoms with Crippen molar-refractivity contribution >= 4 is 0 Å². The van der Waals surface area contributed by atoms with Crippen molar-refractivity contribution in [2.45, 2.75) is 19.4 Å². The topological polar surface area (TPSA) is 67.5 Å².